The van der Waals surface area contributed by atoms with Crippen molar-refractivity contribution in [3.05, 3.63) is 11.3 Å². The van der Waals surface area contributed by atoms with Gasteiger partial charge in [-0.15, -0.1) is 0 Å². The van der Waals surface area contributed by atoms with Crippen LogP contribution in [0.4, 0.5) is 5.82 Å². The van der Waals surface area contributed by atoms with Crippen LogP contribution in [0.15, 0.2) is 0 Å². The van der Waals surface area contributed by atoms with Gasteiger partial charge in [-0.05, 0) is 13.3 Å². The SMILES string of the molecule is COCCCOCc1c(C)nn(C)c1N. The predicted molar refractivity (Wildman–Crippen MR) is 58.5 cm³/mol. The summed E-state index contributed by atoms with van der Waals surface area (Å²) in [6.45, 7) is 3.86. The number of nitrogens with two attached hydrogens (primary N) is 1. The average molecular weight is 213 g/mol. The fraction of sp³-hybridized carbons (Fsp3) is 0.700. The lowest BCUT2D eigenvalue weighted by molar-refractivity contribution is 0.0929. The fourth-order valence-corrected chi connectivity index (χ4v) is 1.38. The van der Waals surface area contributed by atoms with Crippen molar-refractivity contribution in [3.63, 3.8) is 0 Å². The van der Waals surface area contributed by atoms with Gasteiger partial charge in [-0.2, -0.15) is 5.10 Å². The molecule has 0 aromatic carbocycles. The third kappa shape index (κ3) is 3.21. The van der Waals surface area contributed by atoms with Crippen LogP contribution >= 0.6 is 0 Å². The van der Waals surface area contributed by atoms with Gasteiger partial charge in [-0.25, -0.2) is 0 Å². The highest BCUT2D eigenvalue weighted by atomic mass is 16.5. The van der Waals surface area contributed by atoms with Crippen molar-refractivity contribution in [3.8, 4) is 0 Å². The lowest BCUT2D eigenvalue weighted by atomic mass is 10.2. The van der Waals surface area contributed by atoms with E-state index in [-0.39, 0.29) is 0 Å². The van der Waals surface area contributed by atoms with Gasteiger partial charge in [-0.3, -0.25) is 4.68 Å². The molecule has 15 heavy (non-hydrogen) atoms. The Labute approximate surface area is 90.2 Å². The zero-order chi connectivity index (χ0) is 11.3. The Bertz CT molecular complexity index is 310. The predicted octanol–water partition coefficient (Wildman–Crippen LogP) is 0.864. The summed E-state index contributed by atoms with van der Waals surface area (Å²) in [7, 11) is 3.51. The molecule has 0 aliphatic heterocycles. The van der Waals surface area contributed by atoms with Crippen LogP contribution in [0.5, 0.6) is 0 Å². The Morgan fingerprint density at radius 3 is 2.67 bits per heavy atom. The largest absolute Gasteiger partial charge is 0.385 e. The third-order valence-corrected chi connectivity index (χ3v) is 2.28. The maximum Gasteiger partial charge on any atom is 0.127 e. The number of ether oxygens (including phenoxy) is 2. The van der Waals surface area contributed by atoms with Crippen LogP contribution in [0.25, 0.3) is 0 Å². The van der Waals surface area contributed by atoms with Gasteiger partial charge in [0.05, 0.1) is 12.3 Å². The molecule has 0 bridgehead atoms. The summed E-state index contributed by atoms with van der Waals surface area (Å²) in [6, 6.07) is 0. The van der Waals surface area contributed by atoms with E-state index in [4.69, 9.17) is 15.2 Å². The summed E-state index contributed by atoms with van der Waals surface area (Å²) in [5.41, 5.74) is 7.75. The number of hydrogen-bond donors (Lipinski definition) is 1. The van der Waals surface area contributed by atoms with Gasteiger partial charge in [-0.1, -0.05) is 0 Å². The summed E-state index contributed by atoms with van der Waals surface area (Å²) in [4.78, 5) is 0. The van der Waals surface area contributed by atoms with Crippen LogP contribution in [0, 0.1) is 6.92 Å². The zero-order valence-electron chi connectivity index (χ0n) is 9.62. The highest BCUT2D eigenvalue weighted by Crippen LogP contribution is 2.15. The third-order valence-electron chi connectivity index (χ3n) is 2.28. The summed E-state index contributed by atoms with van der Waals surface area (Å²) in [5, 5.41) is 4.21. The van der Waals surface area contributed by atoms with E-state index in [9.17, 15) is 0 Å². The van der Waals surface area contributed by atoms with Crippen LogP contribution < -0.4 is 5.73 Å². The van der Waals surface area contributed by atoms with Gasteiger partial charge < -0.3 is 15.2 Å². The second-order valence-corrected chi connectivity index (χ2v) is 3.47. The molecular weight excluding hydrogens is 194 g/mol. The van der Waals surface area contributed by atoms with E-state index in [0.29, 0.717) is 19.0 Å². The van der Waals surface area contributed by atoms with Gasteiger partial charge in [0.25, 0.3) is 0 Å². The fourth-order valence-electron chi connectivity index (χ4n) is 1.38. The molecule has 1 rings (SSSR count). The summed E-state index contributed by atoms with van der Waals surface area (Å²) in [5.74, 6) is 0.680. The molecule has 5 nitrogen and oxygen atoms in total. The monoisotopic (exact) mass is 213 g/mol. The normalized spacial score (nSPS) is 10.9. The first-order chi connectivity index (χ1) is 7.16. The van der Waals surface area contributed by atoms with Gasteiger partial charge in [0.1, 0.15) is 5.82 Å². The molecular formula is C10H19N3O2. The smallest absolute Gasteiger partial charge is 0.127 e. The molecule has 1 heterocycles. The van der Waals surface area contributed by atoms with Gasteiger partial charge in [0.15, 0.2) is 0 Å². The van der Waals surface area contributed by atoms with Gasteiger partial charge in [0.2, 0.25) is 0 Å². The second-order valence-electron chi connectivity index (χ2n) is 3.47. The Morgan fingerprint density at radius 1 is 1.40 bits per heavy atom. The molecule has 5 heteroatoms. The molecule has 0 fully saturated rings. The van der Waals surface area contributed by atoms with E-state index in [1.807, 2.05) is 14.0 Å². The van der Waals surface area contributed by atoms with Crippen LogP contribution in [-0.2, 0) is 23.1 Å². The van der Waals surface area contributed by atoms with E-state index in [1.54, 1.807) is 11.8 Å². The van der Waals surface area contributed by atoms with Crippen LogP contribution in [0.2, 0.25) is 0 Å². The number of rotatable bonds is 6. The summed E-state index contributed by atoms with van der Waals surface area (Å²) < 4.78 is 12.1. The molecule has 0 radical (unpaired) electrons. The molecule has 0 saturated carbocycles. The molecule has 0 spiro atoms. The van der Waals surface area contributed by atoms with Crippen LogP contribution in [0.3, 0.4) is 0 Å². The standard InChI is InChI=1S/C10H19N3O2/c1-8-9(10(11)13(2)12-8)7-15-6-4-5-14-3/h4-7,11H2,1-3H3. The Hall–Kier alpha value is -1.07. The first kappa shape index (κ1) is 12.0. The van der Waals surface area contributed by atoms with Gasteiger partial charge in [0, 0.05) is 32.9 Å². The van der Waals surface area contributed by atoms with Gasteiger partial charge >= 0.3 is 0 Å². The molecule has 86 valence electrons. The Morgan fingerprint density at radius 2 is 2.13 bits per heavy atom. The van der Waals surface area contributed by atoms with Crippen molar-refractivity contribution >= 4 is 5.82 Å². The molecule has 0 atom stereocenters. The number of nitrogens with zero attached hydrogens (tertiary/aromatic N) is 2. The van der Waals surface area contributed by atoms with E-state index in [1.165, 1.54) is 0 Å². The molecule has 1 aromatic heterocycles. The molecule has 2 N–H and O–H groups in total. The van der Waals surface area contributed by atoms with E-state index >= 15 is 0 Å². The summed E-state index contributed by atoms with van der Waals surface area (Å²) >= 11 is 0. The van der Waals surface area contributed by atoms with Crippen molar-refractivity contribution in [2.24, 2.45) is 7.05 Å². The Kier molecular flexibility index (Phi) is 4.58. The van der Waals surface area contributed by atoms with Crippen molar-refractivity contribution in [2.45, 2.75) is 20.0 Å². The Balaban J connectivity index is 2.37. The number of methoxy groups -OCH3 is 1. The average Bonchev–Trinajstić information content (AvgIpc) is 2.44. The van der Waals surface area contributed by atoms with Crippen molar-refractivity contribution in [1.29, 1.82) is 0 Å². The zero-order valence-corrected chi connectivity index (χ0v) is 9.62. The molecule has 0 amide bonds. The van der Waals surface area contributed by atoms with E-state index in [0.717, 1.165) is 24.3 Å². The number of aromatic nitrogens is 2. The minimum Gasteiger partial charge on any atom is -0.385 e. The van der Waals surface area contributed by atoms with Crippen LogP contribution in [0.1, 0.15) is 17.7 Å². The molecule has 1 aromatic rings. The quantitative estimate of drug-likeness (QED) is 0.712. The minimum atomic E-state index is 0.523. The molecule has 0 aliphatic rings. The van der Waals surface area contributed by atoms with E-state index < -0.39 is 0 Å². The highest BCUT2D eigenvalue weighted by Gasteiger charge is 2.09. The maximum absolute atomic E-state index is 5.84. The molecule has 0 saturated heterocycles. The lowest BCUT2D eigenvalue weighted by Gasteiger charge is -2.04. The second kappa shape index (κ2) is 5.72. The van der Waals surface area contributed by atoms with E-state index in [2.05, 4.69) is 5.10 Å². The minimum absolute atomic E-state index is 0.523. The molecule has 0 aliphatic carbocycles. The molecule has 0 unspecified atom stereocenters. The van der Waals surface area contributed by atoms with Crippen molar-refractivity contribution in [1.82, 2.24) is 9.78 Å². The number of anilines is 1. The van der Waals surface area contributed by atoms with Crippen molar-refractivity contribution in [2.75, 3.05) is 26.1 Å². The lowest BCUT2D eigenvalue weighted by Crippen LogP contribution is -2.03. The topological polar surface area (TPSA) is 62.3 Å². The van der Waals surface area contributed by atoms with Crippen LogP contribution in [-0.4, -0.2) is 30.1 Å². The number of nitrogen functional groups attached to an aromatic ring is 1. The maximum atomic E-state index is 5.84. The first-order valence-electron chi connectivity index (χ1n) is 5.01. The number of hydrogen-bond acceptors (Lipinski definition) is 4. The summed E-state index contributed by atoms with van der Waals surface area (Å²) in [6.07, 6.45) is 0.899. The van der Waals surface area contributed by atoms with Crippen molar-refractivity contribution < 1.29 is 9.47 Å². The number of aryl methyl sites for hydroxylation is 2. The highest BCUT2D eigenvalue weighted by molar-refractivity contribution is 5.42. The first-order valence-corrected chi connectivity index (χ1v) is 5.01.